The standard InChI is InChI=1S/C31H34Cl2F3N3O4S/c1-4-6-17-37-30(41)28(5-2)38(19-22-9-11-23(32)12-10-22)29(40)20-39(44(42,43)25-14-7-21(3)8-15-25)24-13-16-27(33)26(18-24)31(34,35)36/h7-16,18,28H,4-6,17,19-20H2,1-3H3,(H,37,41). The molecule has 0 aliphatic rings. The SMILES string of the molecule is CCCCNC(=O)C(CC)N(Cc1ccc(Cl)cc1)C(=O)CN(c1ccc(Cl)c(C(F)(F)F)c1)S(=O)(=O)c1ccc(C)cc1. The van der Waals surface area contributed by atoms with E-state index in [4.69, 9.17) is 23.2 Å². The highest BCUT2D eigenvalue weighted by molar-refractivity contribution is 7.92. The summed E-state index contributed by atoms with van der Waals surface area (Å²) in [5, 5.41) is 2.64. The number of carbonyl (C=O) groups is 2. The van der Waals surface area contributed by atoms with E-state index in [1.807, 2.05) is 6.92 Å². The first-order valence-electron chi connectivity index (χ1n) is 14.0. The number of alkyl halides is 3. The Morgan fingerprint density at radius 1 is 0.955 bits per heavy atom. The van der Waals surface area contributed by atoms with Crippen molar-refractivity contribution in [3.8, 4) is 0 Å². The maximum atomic E-state index is 14.1. The lowest BCUT2D eigenvalue weighted by atomic mass is 10.1. The zero-order valence-corrected chi connectivity index (χ0v) is 26.8. The Balaban J connectivity index is 2.12. The molecule has 0 fully saturated rings. The number of anilines is 1. The van der Waals surface area contributed by atoms with Crippen molar-refractivity contribution in [3.05, 3.63) is 93.5 Å². The van der Waals surface area contributed by atoms with Crippen LogP contribution in [0.3, 0.4) is 0 Å². The van der Waals surface area contributed by atoms with E-state index in [1.165, 1.54) is 29.2 Å². The predicted molar refractivity (Wildman–Crippen MR) is 166 cm³/mol. The van der Waals surface area contributed by atoms with Gasteiger partial charge in [-0.25, -0.2) is 8.42 Å². The van der Waals surface area contributed by atoms with Gasteiger partial charge in [0.05, 0.1) is 21.2 Å². The monoisotopic (exact) mass is 671 g/mol. The van der Waals surface area contributed by atoms with Crippen LogP contribution in [0.15, 0.2) is 71.6 Å². The molecule has 3 rings (SSSR count). The fourth-order valence-corrected chi connectivity index (χ4v) is 6.22. The molecular formula is C31H34Cl2F3N3O4S. The van der Waals surface area contributed by atoms with Gasteiger partial charge in [0.1, 0.15) is 12.6 Å². The van der Waals surface area contributed by atoms with Crippen molar-refractivity contribution < 1.29 is 31.2 Å². The number of benzene rings is 3. The van der Waals surface area contributed by atoms with Crippen molar-refractivity contribution >= 4 is 50.7 Å². The van der Waals surface area contributed by atoms with Crippen LogP contribution in [0.2, 0.25) is 10.0 Å². The van der Waals surface area contributed by atoms with E-state index in [9.17, 15) is 31.2 Å². The molecule has 7 nitrogen and oxygen atoms in total. The Bertz CT molecular complexity index is 1550. The minimum Gasteiger partial charge on any atom is -0.354 e. The second-order valence-electron chi connectivity index (χ2n) is 10.2. The summed E-state index contributed by atoms with van der Waals surface area (Å²) in [6.07, 6.45) is -3.15. The Kier molecular flexibility index (Phi) is 12.1. The van der Waals surface area contributed by atoms with Crippen molar-refractivity contribution in [1.29, 1.82) is 0 Å². The molecule has 3 aromatic rings. The van der Waals surface area contributed by atoms with Crippen LogP contribution in [-0.4, -0.2) is 44.3 Å². The lowest BCUT2D eigenvalue weighted by Gasteiger charge is -2.33. The van der Waals surface area contributed by atoms with Gasteiger partial charge in [0, 0.05) is 18.1 Å². The average Bonchev–Trinajstić information content (AvgIpc) is 2.96. The summed E-state index contributed by atoms with van der Waals surface area (Å²) >= 11 is 11.8. The van der Waals surface area contributed by atoms with Crippen molar-refractivity contribution in [2.24, 2.45) is 0 Å². The zero-order valence-electron chi connectivity index (χ0n) is 24.5. The van der Waals surface area contributed by atoms with Crippen LogP contribution in [0.1, 0.15) is 49.8 Å². The molecule has 0 radical (unpaired) electrons. The summed E-state index contributed by atoms with van der Waals surface area (Å²) in [4.78, 5) is 28.3. The highest BCUT2D eigenvalue weighted by Crippen LogP contribution is 2.38. The van der Waals surface area contributed by atoms with Gasteiger partial charge < -0.3 is 10.2 Å². The zero-order chi connectivity index (χ0) is 32.7. The van der Waals surface area contributed by atoms with Crippen molar-refractivity contribution in [2.75, 3.05) is 17.4 Å². The molecule has 0 spiro atoms. The molecule has 0 aliphatic carbocycles. The minimum atomic E-state index is -4.89. The molecule has 0 aromatic heterocycles. The summed E-state index contributed by atoms with van der Waals surface area (Å²) in [7, 11) is -4.57. The van der Waals surface area contributed by atoms with Crippen LogP contribution < -0.4 is 9.62 Å². The first kappa shape index (κ1) is 35.2. The molecule has 0 bridgehead atoms. The molecule has 3 aromatic carbocycles. The number of nitrogens with one attached hydrogen (secondary N) is 1. The Morgan fingerprint density at radius 2 is 1.59 bits per heavy atom. The number of amides is 2. The van der Waals surface area contributed by atoms with E-state index >= 15 is 0 Å². The third-order valence-corrected chi connectivity index (χ3v) is 9.28. The number of unbranched alkanes of at least 4 members (excludes halogenated alkanes) is 1. The molecule has 0 saturated carbocycles. The van der Waals surface area contributed by atoms with Gasteiger partial charge in [-0.2, -0.15) is 13.2 Å². The molecule has 2 amide bonds. The fourth-order valence-electron chi connectivity index (χ4n) is 4.46. The first-order valence-corrected chi connectivity index (χ1v) is 16.2. The van der Waals surface area contributed by atoms with E-state index in [-0.39, 0.29) is 17.9 Å². The van der Waals surface area contributed by atoms with Gasteiger partial charge in [0.2, 0.25) is 11.8 Å². The third-order valence-electron chi connectivity index (χ3n) is 6.91. The van der Waals surface area contributed by atoms with Crippen LogP contribution in [0.4, 0.5) is 18.9 Å². The minimum absolute atomic E-state index is 0.0808. The summed E-state index contributed by atoms with van der Waals surface area (Å²) in [6.45, 7) is 4.83. The number of nitrogens with zero attached hydrogens (tertiary/aromatic N) is 2. The van der Waals surface area contributed by atoms with E-state index in [0.717, 1.165) is 24.1 Å². The Morgan fingerprint density at radius 3 is 2.16 bits per heavy atom. The molecule has 44 heavy (non-hydrogen) atoms. The number of halogens is 5. The molecule has 238 valence electrons. The third kappa shape index (κ3) is 8.89. The number of aryl methyl sites for hydroxylation is 1. The molecular weight excluding hydrogens is 638 g/mol. The molecule has 0 aliphatic heterocycles. The average molecular weight is 673 g/mol. The highest BCUT2D eigenvalue weighted by atomic mass is 35.5. The number of sulfonamides is 1. The predicted octanol–water partition coefficient (Wildman–Crippen LogP) is 7.24. The lowest BCUT2D eigenvalue weighted by Crippen LogP contribution is -2.52. The second-order valence-corrected chi connectivity index (χ2v) is 12.9. The van der Waals surface area contributed by atoms with E-state index < -0.39 is 56.9 Å². The van der Waals surface area contributed by atoms with E-state index in [1.54, 1.807) is 38.1 Å². The maximum absolute atomic E-state index is 14.1. The van der Waals surface area contributed by atoms with Gasteiger partial charge in [-0.15, -0.1) is 0 Å². The van der Waals surface area contributed by atoms with Crippen molar-refractivity contribution in [3.63, 3.8) is 0 Å². The van der Waals surface area contributed by atoms with Gasteiger partial charge in [-0.1, -0.05) is 73.3 Å². The van der Waals surface area contributed by atoms with E-state index in [0.29, 0.717) is 33.9 Å². The Labute approximate surface area is 266 Å². The largest absolute Gasteiger partial charge is 0.417 e. The quantitative estimate of drug-likeness (QED) is 0.194. The number of carbonyl (C=O) groups excluding carboxylic acids is 2. The van der Waals surface area contributed by atoms with Gasteiger partial charge >= 0.3 is 6.18 Å². The van der Waals surface area contributed by atoms with Crippen molar-refractivity contribution in [2.45, 2.75) is 63.7 Å². The topological polar surface area (TPSA) is 86.8 Å². The van der Waals surface area contributed by atoms with Gasteiger partial charge in [0.15, 0.2) is 0 Å². The maximum Gasteiger partial charge on any atom is 0.417 e. The molecule has 0 saturated heterocycles. The molecule has 13 heteroatoms. The molecule has 0 heterocycles. The van der Waals surface area contributed by atoms with Crippen LogP contribution in [-0.2, 0) is 32.3 Å². The highest BCUT2D eigenvalue weighted by Gasteiger charge is 2.37. The second kappa shape index (κ2) is 15.1. The van der Waals surface area contributed by atoms with Crippen LogP contribution in [0, 0.1) is 6.92 Å². The first-order chi connectivity index (χ1) is 20.7. The molecule has 1 N–H and O–H groups in total. The van der Waals surface area contributed by atoms with Gasteiger partial charge in [-0.05, 0) is 67.8 Å². The number of rotatable bonds is 13. The van der Waals surface area contributed by atoms with Gasteiger partial charge in [0.25, 0.3) is 10.0 Å². The van der Waals surface area contributed by atoms with Crippen LogP contribution in [0.5, 0.6) is 0 Å². The smallest absolute Gasteiger partial charge is 0.354 e. The summed E-state index contributed by atoms with van der Waals surface area (Å²) < 4.78 is 69.9. The van der Waals surface area contributed by atoms with Gasteiger partial charge in [-0.3, -0.25) is 13.9 Å². The summed E-state index contributed by atoms with van der Waals surface area (Å²) in [5.74, 6) is -1.22. The number of hydrogen-bond acceptors (Lipinski definition) is 4. The lowest BCUT2D eigenvalue weighted by molar-refractivity contribution is -0.140. The molecule has 1 atom stereocenters. The van der Waals surface area contributed by atoms with E-state index in [2.05, 4.69) is 5.32 Å². The molecule has 1 unspecified atom stereocenters. The summed E-state index contributed by atoms with van der Waals surface area (Å²) in [6, 6.07) is 13.9. The van der Waals surface area contributed by atoms with Crippen molar-refractivity contribution in [1.82, 2.24) is 10.2 Å². The van der Waals surface area contributed by atoms with Crippen LogP contribution in [0.25, 0.3) is 0 Å². The normalized spacial score (nSPS) is 12.5. The van der Waals surface area contributed by atoms with Crippen LogP contribution >= 0.6 is 23.2 Å². The summed E-state index contributed by atoms with van der Waals surface area (Å²) in [5.41, 5.74) is -0.302. The Hall–Kier alpha value is -3.28. The number of hydrogen-bond donors (Lipinski definition) is 1. The fraction of sp³-hybridized carbons (Fsp3) is 0.355.